The largest absolute Gasteiger partial charge is 0.468 e. The van der Waals surface area contributed by atoms with Gasteiger partial charge >= 0.3 is 5.97 Å². The van der Waals surface area contributed by atoms with Gasteiger partial charge in [0, 0.05) is 16.0 Å². The zero-order valence-electron chi connectivity index (χ0n) is 23.8. The van der Waals surface area contributed by atoms with Crippen LogP contribution in [0.2, 0.25) is 18.1 Å². The summed E-state index contributed by atoms with van der Waals surface area (Å²) in [5, 5.41) is 1.50. The molecule has 2 aromatic rings. The van der Waals surface area contributed by atoms with Crippen molar-refractivity contribution < 1.29 is 18.8 Å². The Morgan fingerprint density at radius 3 is 2.71 bits per heavy atom. The third-order valence-corrected chi connectivity index (χ3v) is 15.8. The molecule has 0 N–H and O–H groups in total. The van der Waals surface area contributed by atoms with Crippen molar-refractivity contribution in [3.8, 4) is 0 Å². The van der Waals surface area contributed by atoms with E-state index in [0.717, 1.165) is 37.2 Å². The molecule has 0 spiro atoms. The van der Waals surface area contributed by atoms with E-state index in [9.17, 15) is 9.59 Å². The molecule has 8 heteroatoms. The average Bonchev–Trinajstić information content (AvgIpc) is 3.44. The SMILES string of the molecule is COC(=O)CSCCCS[C@H]1C(=O)CC[C@@H]1C=CC(CCc1cc2ccccc2s1)O[Si](C)(C)C(C)(C)C. The Morgan fingerprint density at radius 1 is 1.24 bits per heavy atom. The second-order valence-electron chi connectivity index (χ2n) is 11.5. The second-order valence-corrected chi connectivity index (χ2v) is 19.8. The van der Waals surface area contributed by atoms with E-state index in [1.165, 1.54) is 22.1 Å². The molecule has 0 aliphatic heterocycles. The summed E-state index contributed by atoms with van der Waals surface area (Å²) in [6, 6.07) is 10.9. The lowest BCUT2D eigenvalue weighted by Gasteiger charge is -2.38. The Kier molecular flexibility index (Phi) is 12.0. The molecule has 1 aromatic heterocycles. The van der Waals surface area contributed by atoms with Crippen molar-refractivity contribution in [1.29, 1.82) is 0 Å². The Bertz CT molecular complexity index is 1060. The number of benzene rings is 1. The van der Waals surface area contributed by atoms with Gasteiger partial charge in [-0.15, -0.1) is 23.1 Å². The maximum atomic E-state index is 12.7. The van der Waals surface area contributed by atoms with Crippen molar-refractivity contribution in [1.82, 2.24) is 0 Å². The van der Waals surface area contributed by atoms with Crippen LogP contribution in [0.4, 0.5) is 0 Å². The van der Waals surface area contributed by atoms with E-state index in [4.69, 9.17) is 9.16 Å². The minimum absolute atomic E-state index is 0.0352. The predicted molar refractivity (Wildman–Crippen MR) is 169 cm³/mol. The number of carbonyl (C=O) groups is 2. The molecule has 38 heavy (non-hydrogen) atoms. The van der Waals surface area contributed by atoms with E-state index in [2.05, 4.69) is 76.3 Å². The van der Waals surface area contributed by atoms with E-state index in [1.54, 1.807) is 23.5 Å². The molecule has 1 saturated carbocycles. The first-order valence-electron chi connectivity index (χ1n) is 13.6. The number of esters is 1. The number of thioether (sulfide) groups is 2. The second kappa shape index (κ2) is 14.5. The minimum Gasteiger partial charge on any atom is -0.468 e. The fraction of sp³-hybridized carbons (Fsp3) is 0.600. The number of allylic oxidation sites excluding steroid dienone is 1. The van der Waals surface area contributed by atoms with Crippen LogP contribution in [-0.2, 0) is 25.2 Å². The summed E-state index contributed by atoms with van der Waals surface area (Å²) in [4.78, 5) is 25.4. The maximum Gasteiger partial charge on any atom is 0.315 e. The van der Waals surface area contributed by atoms with E-state index in [-0.39, 0.29) is 28.3 Å². The Balaban J connectivity index is 1.61. The average molecular weight is 593 g/mol. The van der Waals surface area contributed by atoms with Crippen LogP contribution in [0, 0.1) is 5.92 Å². The smallest absolute Gasteiger partial charge is 0.315 e. The zero-order chi connectivity index (χ0) is 27.8. The first kappa shape index (κ1) is 31.5. The molecular formula is C30H44O4S3Si. The molecule has 1 aromatic carbocycles. The van der Waals surface area contributed by atoms with Gasteiger partial charge < -0.3 is 9.16 Å². The number of methoxy groups -OCH3 is 1. The highest BCUT2D eigenvalue weighted by molar-refractivity contribution is 8.01. The number of rotatable bonds is 14. The third kappa shape index (κ3) is 9.25. The van der Waals surface area contributed by atoms with Gasteiger partial charge in [-0.25, -0.2) is 0 Å². The highest BCUT2D eigenvalue weighted by Crippen LogP contribution is 2.39. The molecule has 3 atom stereocenters. The zero-order valence-corrected chi connectivity index (χ0v) is 27.2. The highest BCUT2D eigenvalue weighted by Gasteiger charge is 2.39. The van der Waals surface area contributed by atoms with Crippen LogP contribution in [0.5, 0.6) is 0 Å². The van der Waals surface area contributed by atoms with Crippen LogP contribution in [0.25, 0.3) is 10.1 Å². The number of ketones is 1. The summed E-state index contributed by atoms with van der Waals surface area (Å²) in [5.74, 6) is 2.70. The minimum atomic E-state index is -1.95. The molecule has 3 rings (SSSR count). The number of aryl methyl sites for hydroxylation is 1. The van der Waals surface area contributed by atoms with Gasteiger partial charge in [-0.1, -0.05) is 51.1 Å². The van der Waals surface area contributed by atoms with Gasteiger partial charge in [0.15, 0.2) is 8.32 Å². The van der Waals surface area contributed by atoms with Crippen LogP contribution < -0.4 is 0 Å². The van der Waals surface area contributed by atoms with Crippen LogP contribution in [-0.4, -0.2) is 55.8 Å². The van der Waals surface area contributed by atoms with Crippen molar-refractivity contribution in [3.63, 3.8) is 0 Å². The summed E-state index contributed by atoms with van der Waals surface area (Å²) in [5.41, 5.74) is 0. The Labute approximate surface area is 242 Å². The summed E-state index contributed by atoms with van der Waals surface area (Å²) in [7, 11) is -0.525. The molecule has 1 aliphatic rings. The Morgan fingerprint density at radius 2 is 2.00 bits per heavy atom. The van der Waals surface area contributed by atoms with E-state index in [0.29, 0.717) is 18.0 Å². The lowest BCUT2D eigenvalue weighted by atomic mass is 10.0. The van der Waals surface area contributed by atoms with Crippen molar-refractivity contribution in [2.24, 2.45) is 5.92 Å². The quantitative estimate of drug-likeness (QED) is 0.0955. The van der Waals surface area contributed by atoms with Gasteiger partial charge in [0.1, 0.15) is 5.78 Å². The lowest BCUT2D eigenvalue weighted by Crippen LogP contribution is -2.43. The predicted octanol–water partition coefficient (Wildman–Crippen LogP) is 8.16. The molecule has 1 aliphatic carbocycles. The summed E-state index contributed by atoms with van der Waals surface area (Å²) in [6.45, 7) is 11.5. The van der Waals surface area contributed by atoms with E-state index in [1.807, 2.05) is 11.3 Å². The van der Waals surface area contributed by atoms with Gasteiger partial charge in [-0.2, -0.15) is 11.8 Å². The summed E-state index contributed by atoms with van der Waals surface area (Å²) >= 11 is 5.26. The number of hydrogen-bond acceptors (Lipinski definition) is 7. The molecule has 4 nitrogen and oxygen atoms in total. The van der Waals surface area contributed by atoms with Crippen LogP contribution in [0.1, 0.15) is 51.3 Å². The van der Waals surface area contributed by atoms with Gasteiger partial charge in [0.05, 0.1) is 24.2 Å². The van der Waals surface area contributed by atoms with Crippen molar-refractivity contribution in [2.45, 2.75) is 82.4 Å². The number of ether oxygens (including phenoxy) is 1. The van der Waals surface area contributed by atoms with Crippen molar-refractivity contribution in [3.05, 3.63) is 47.4 Å². The van der Waals surface area contributed by atoms with Gasteiger partial charge in [-0.3, -0.25) is 9.59 Å². The lowest BCUT2D eigenvalue weighted by molar-refractivity contribution is -0.137. The fourth-order valence-electron chi connectivity index (χ4n) is 4.30. The number of thiophene rings is 1. The van der Waals surface area contributed by atoms with Gasteiger partial charge in [0.2, 0.25) is 0 Å². The molecule has 0 saturated heterocycles. The maximum absolute atomic E-state index is 12.7. The molecule has 1 fully saturated rings. The standard InChI is InChI=1S/C30H44O4S3Si/c1-30(2,3)38(5,6)34-24(15-16-25-20-23-10-7-8-11-27(23)37-25)14-12-22-13-17-26(31)29(22)36-19-9-18-35-21-28(32)33-4/h7-8,10-12,14,20,22,24,29H,9,13,15-19,21H2,1-6H3/t22-,24?,29+/m0/s1. The first-order valence-corrected chi connectivity index (χ1v) is 19.6. The van der Waals surface area contributed by atoms with Gasteiger partial charge in [0.25, 0.3) is 0 Å². The number of hydrogen-bond donors (Lipinski definition) is 0. The fourth-order valence-corrected chi connectivity index (χ4v) is 8.99. The van der Waals surface area contributed by atoms with Crippen LogP contribution in [0.15, 0.2) is 42.5 Å². The summed E-state index contributed by atoms with van der Waals surface area (Å²) < 4.78 is 12.9. The highest BCUT2D eigenvalue weighted by atomic mass is 32.2. The monoisotopic (exact) mass is 592 g/mol. The topological polar surface area (TPSA) is 52.6 Å². The molecular weight excluding hydrogens is 549 g/mol. The third-order valence-electron chi connectivity index (χ3n) is 7.59. The number of Topliss-reactive ketones (excluding diaryl/α,β-unsaturated/α-hetero) is 1. The van der Waals surface area contributed by atoms with Gasteiger partial charge in [-0.05, 0) is 78.8 Å². The molecule has 0 radical (unpaired) electrons. The first-order chi connectivity index (χ1) is 18.0. The van der Waals surface area contributed by atoms with Crippen LogP contribution in [0.3, 0.4) is 0 Å². The van der Waals surface area contributed by atoms with Crippen LogP contribution >= 0.6 is 34.9 Å². The normalized spacial score (nSPS) is 19.5. The summed E-state index contributed by atoms with van der Waals surface area (Å²) in [6.07, 6.45) is 9.14. The molecule has 1 heterocycles. The molecule has 1 unspecified atom stereocenters. The number of carbonyl (C=O) groups excluding carboxylic acids is 2. The van der Waals surface area contributed by atoms with Crippen molar-refractivity contribution in [2.75, 3.05) is 24.4 Å². The molecule has 0 amide bonds. The van der Waals surface area contributed by atoms with Crippen molar-refractivity contribution >= 4 is 65.0 Å². The van der Waals surface area contributed by atoms with E-state index < -0.39 is 8.32 Å². The number of fused-ring (bicyclic) bond motifs is 1. The Hall–Kier alpha value is -1.06. The van der Waals surface area contributed by atoms with E-state index >= 15 is 0 Å². The molecule has 210 valence electrons. The molecule has 0 bridgehead atoms.